The van der Waals surface area contributed by atoms with Gasteiger partial charge in [0.05, 0.1) is 11.3 Å². The molecule has 0 aliphatic carbocycles. The minimum absolute atomic E-state index is 0.345. The summed E-state index contributed by atoms with van der Waals surface area (Å²) in [4.78, 5) is 14.4. The number of hydrogen-bond donors (Lipinski definition) is 0. The summed E-state index contributed by atoms with van der Waals surface area (Å²) < 4.78 is 5.71. The van der Waals surface area contributed by atoms with E-state index in [0.717, 1.165) is 16.8 Å². The van der Waals surface area contributed by atoms with Crippen LogP contribution in [0.1, 0.15) is 22.8 Å². The van der Waals surface area contributed by atoms with Gasteiger partial charge in [0.15, 0.2) is 0 Å². The lowest BCUT2D eigenvalue weighted by atomic mass is 10.1. The summed E-state index contributed by atoms with van der Waals surface area (Å²) in [5, 5.41) is 0. The Kier molecular flexibility index (Phi) is 3.79. The summed E-state index contributed by atoms with van der Waals surface area (Å²) in [5.41, 5.74) is 3.38. The lowest BCUT2D eigenvalue weighted by Crippen LogP contribution is -2.10. The number of fused-ring (bicyclic) bond motifs is 1. The van der Waals surface area contributed by atoms with Crippen LogP contribution in [-0.4, -0.2) is 13.0 Å². The standard InChI is InChI=1S/C19H17NO2/c1-14-12-13-20(2)17-11-7-6-10-16(17)18(14)22-19(21)15-8-4-3-5-9-15/h3-13H,1-2H3. The van der Waals surface area contributed by atoms with E-state index in [-0.39, 0.29) is 5.97 Å². The molecule has 0 radical (unpaired) electrons. The zero-order valence-electron chi connectivity index (χ0n) is 12.6. The number of para-hydroxylation sites is 1. The molecule has 3 heteroatoms. The van der Waals surface area contributed by atoms with Crippen molar-refractivity contribution in [1.29, 1.82) is 0 Å². The van der Waals surface area contributed by atoms with Crippen molar-refractivity contribution in [3.63, 3.8) is 0 Å². The number of rotatable bonds is 2. The summed E-state index contributed by atoms with van der Waals surface area (Å²) in [6.07, 6.45) is 3.92. The zero-order valence-corrected chi connectivity index (χ0v) is 12.6. The maximum atomic E-state index is 12.4. The predicted molar refractivity (Wildman–Crippen MR) is 88.4 cm³/mol. The molecule has 110 valence electrons. The van der Waals surface area contributed by atoms with Crippen LogP contribution in [0.15, 0.2) is 72.4 Å². The number of allylic oxidation sites excluding steroid dienone is 2. The van der Waals surface area contributed by atoms with Crippen LogP contribution in [0.25, 0.3) is 5.76 Å². The molecular formula is C19H17NO2. The summed E-state index contributed by atoms with van der Waals surface area (Å²) in [7, 11) is 1.98. The smallest absolute Gasteiger partial charge is 0.343 e. The molecule has 1 aliphatic rings. The van der Waals surface area contributed by atoms with Crippen molar-refractivity contribution in [2.45, 2.75) is 6.92 Å². The van der Waals surface area contributed by atoms with E-state index < -0.39 is 0 Å². The SMILES string of the molecule is CC1=C(OC(=O)c2ccccc2)c2ccccc2N(C)C=C1. The second-order valence-electron chi connectivity index (χ2n) is 5.21. The largest absolute Gasteiger partial charge is 0.422 e. The van der Waals surface area contributed by atoms with E-state index in [1.807, 2.05) is 73.6 Å². The minimum Gasteiger partial charge on any atom is -0.422 e. The fourth-order valence-electron chi connectivity index (χ4n) is 2.43. The van der Waals surface area contributed by atoms with Gasteiger partial charge in [-0.3, -0.25) is 0 Å². The quantitative estimate of drug-likeness (QED) is 0.775. The Balaban J connectivity index is 2.00. The number of anilines is 1. The fourth-order valence-corrected chi connectivity index (χ4v) is 2.43. The number of esters is 1. The second kappa shape index (κ2) is 5.90. The summed E-state index contributed by atoms with van der Waals surface area (Å²) in [6, 6.07) is 16.9. The highest BCUT2D eigenvalue weighted by Gasteiger charge is 2.19. The van der Waals surface area contributed by atoms with Gasteiger partial charge in [0.1, 0.15) is 5.76 Å². The first-order chi connectivity index (χ1) is 10.7. The molecule has 3 rings (SSSR count). The van der Waals surface area contributed by atoms with Crippen molar-refractivity contribution < 1.29 is 9.53 Å². The molecule has 22 heavy (non-hydrogen) atoms. The lowest BCUT2D eigenvalue weighted by molar-refractivity contribution is 0.0691. The molecular weight excluding hydrogens is 274 g/mol. The van der Waals surface area contributed by atoms with Crippen LogP contribution in [0.4, 0.5) is 5.69 Å². The van der Waals surface area contributed by atoms with Crippen molar-refractivity contribution in [3.8, 4) is 0 Å². The van der Waals surface area contributed by atoms with Gasteiger partial charge < -0.3 is 9.64 Å². The minimum atomic E-state index is -0.345. The molecule has 0 bridgehead atoms. The van der Waals surface area contributed by atoms with Gasteiger partial charge in [-0.25, -0.2) is 4.79 Å². The highest BCUT2D eigenvalue weighted by Crippen LogP contribution is 2.33. The van der Waals surface area contributed by atoms with Crippen molar-refractivity contribution >= 4 is 17.4 Å². The van der Waals surface area contributed by atoms with Gasteiger partial charge in [-0.1, -0.05) is 30.3 Å². The highest BCUT2D eigenvalue weighted by molar-refractivity contribution is 5.94. The van der Waals surface area contributed by atoms with Gasteiger partial charge in [0.2, 0.25) is 0 Å². The van der Waals surface area contributed by atoms with Gasteiger partial charge in [-0.2, -0.15) is 0 Å². The summed E-state index contributed by atoms with van der Waals surface area (Å²) >= 11 is 0. The molecule has 2 aromatic carbocycles. The Morgan fingerprint density at radius 2 is 1.68 bits per heavy atom. The number of carbonyl (C=O) groups is 1. The maximum absolute atomic E-state index is 12.4. The molecule has 0 amide bonds. The third kappa shape index (κ3) is 2.66. The van der Waals surface area contributed by atoms with Crippen LogP contribution in [-0.2, 0) is 4.74 Å². The van der Waals surface area contributed by atoms with E-state index in [1.165, 1.54) is 0 Å². The first-order valence-corrected chi connectivity index (χ1v) is 7.15. The molecule has 1 aliphatic heterocycles. The number of hydrogen-bond acceptors (Lipinski definition) is 3. The molecule has 1 heterocycles. The van der Waals surface area contributed by atoms with Crippen LogP contribution in [0.3, 0.4) is 0 Å². The highest BCUT2D eigenvalue weighted by atomic mass is 16.5. The van der Waals surface area contributed by atoms with Gasteiger partial charge >= 0.3 is 5.97 Å². The Labute approximate surface area is 130 Å². The third-order valence-electron chi connectivity index (χ3n) is 3.64. The number of carbonyl (C=O) groups excluding carboxylic acids is 1. The predicted octanol–water partition coefficient (Wildman–Crippen LogP) is 4.24. The van der Waals surface area contributed by atoms with E-state index in [1.54, 1.807) is 12.1 Å². The average molecular weight is 291 g/mol. The third-order valence-corrected chi connectivity index (χ3v) is 3.64. The molecule has 0 spiro atoms. The second-order valence-corrected chi connectivity index (χ2v) is 5.21. The average Bonchev–Trinajstić information content (AvgIpc) is 2.68. The van der Waals surface area contributed by atoms with Crippen LogP contribution >= 0.6 is 0 Å². The number of nitrogens with zero attached hydrogens (tertiary/aromatic N) is 1. The normalized spacial score (nSPS) is 13.6. The van der Waals surface area contributed by atoms with Crippen molar-refractivity contribution in [1.82, 2.24) is 0 Å². The van der Waals surface area contributed by atoms with Crippen molar-refractivity contribution in [3.05, 3.63) is 83.6 Å². The monoisotopic (exact) mass is 291 g/mol. The van der Waals surface area contributed by atoms with Gasteiger partial charge in [-0.05, 0) is 42.8 Å². The van der Waals surface area contributed by atoms with Crippen LogP contribution < -0.4 is 4.90 Å². The molecule has 0 atom stereocenters. The van der Waals surface area contributed by atoms with Crippen LogP contribution in [0, 0.1) is 0 Å². The van der Waals surface area contributed by atoms with Gasteiger partial charge in [0, 0.05) is 18.8 Å². The van der Waals surface area contributed by atoms with E-state index in [9.17, 15) is 4.79 Å². The summed E-state index contributed by atoms with van der Waals surface area (Å²) in [6.45, 7) is 1.94. The Bertz CT molecular complexity index is 760. The van der Waals surface area contributed by atoms with E-state index in [0.29, 0.717) is 11.3 Å². The maximum Gasteiger partial charge on any atom is 0.343 e. The Morgan fingerprint density at radius 1 is 1.00 bits per heavy atom. The first kappa shape index (κ1) is 14.1. The molecule has 3 nitrogen and oxygen atoms in total. The summed E-state index contributed by atoms with van der Waals surface area (Å²) in [5.74, 6) is 0.257. The molecule has 0 saturated heterocycles. The van der Waals surface area contributed by atoms with E-state index in [2.05, 4.69) is 0 Å². The number of benzene rings is 2. The Hall–Kier alpha value is -2.81. The molecule has 0 saturated carbocycles. The molecule has 2 aromatic rings. The van der Waals surface area contributed by atoms with Crippen LogP contribution in [0.5, 0.6) is 0 Å². The van der Waals surface area contributed by atoms with Crippen molar-refractivity contribution in [2.24, 2.45) is 0 Å². The molecule has 0 aromatic heterocycles. The van der Waals surface area contributed by atoms with E-state index >= 15 is 0 Å². The molecule has 0 N–H and O–H groups in total. The molecule has 0 unspecified atom stereocenters. The van der Waals surface area contributed by atoms with E-state index in [4.69, 9.17) is 4.74 Å². The van der Waals surface area contributed by atoms with Crippen LogP contribution in [0.2, 0.25) is 0 Å². The van der Waals surface area contributed by atoms with Gasteiger partial charge in [-0.15, -0.1) is 0 Å². The van der Waals surface area contributed by atoms with Crippen molar-refractivity contribution in [2.75, 3.05) is 11.9 Å². The number of ether oxygens (including phenoxy) is 1. The topological polar surface area (TPSA) is 29.5 Å². The Morgan fingerprint density at radius 3 is 2.45 bits per heavy atom. The molecule has 0 fully saturated rings. The van der Waals surface area contributed by atoms with Gasteiger partial charge in [0.25, 0.3) is 0 Å². The zero-order chi connectivity index (χ0) is 15.5. The fraction of sp³-hybridized carbons (Fsp3) is 0.105. The first-order valence-electron chi connectivity index (χ1n) is 7.15. The lowest BCUT2D eigenvalue weighted by Gasteiger charge is -2.18.